The van der Waals surface area contributed by atoms with Crippen molar-refractivity contribution in [1.29, 1.82) is 0 Å². The average Bonchev–Trinajstić information content (AvgIpc) is 2.17. The highest BCUT2D eigenvalue weighted by atomic mass is 16.5. The Bertz CT molecular complexity index is 186. The van der Waals surface area contributed by atoms with Crippen LogP contribution in [0, 0.1) is 0 Å². The molecule has 2 N–H and O–H groups in total. The summed E-state index contributed by atoms with van der Waals surface area (Å²) in [5.74, 6) is -0.108. The number of hydrogen-bond acceptors (Lipinski definition) is 3. The van der Waals surface area contributed by atoms with Gasteiger partial charge in [-0.05, 0) is 26.2 Å². The molecule has 0 bridgehead atoms. The smallest absolute Gasteiger partial charge is 0.305 e. The first kappa shape index (κ1) is 11.5. The Kier molecular flexibility index (Phi) is 4.39. The number of hydrogen-bond donors (Lipinski definition) is 1. The standard InChI is InChI=1S/C11H21NO2/c1-2-14-10(13)6-9-11(12)7-4-3-5-8-11/h2-9,12H2,1H3. The average molecular weight is 199 g/mol. The van der Waals surface area contributed by atoms with Gasteiger partial charge in [-0.2, -0.15) is 0 Å². The second-order valence-corrected chi connectivity index (χ2v) is 4.23. The maximum atomic E-state index is 11.2. The first-order valence-corrected chi connectivity index (χ1v) is 5.61. The molecule has 0 aliphatic heterocycles. The molecule has 0 radical (unpaired) electrons. The van der Waals surface area contributed by atoms with Crippen LogP contribution in [0.15, 0.2) is 0 Å². The lowest BCUT2D eigenvalue weighted by molar-refractivity contribution is -0.143. The van der Waals surface area contributed by atoms with Crippen molar-refractivity contribution >= 4 is 5.97 Å². The number of ether oxygens (including phenoxy) is 1. The summed E-state index contributed by atoms with van der Waals surface area (Å²) in [7, 11) is 0. The minimum absolute atomic E-state index is 0.0923. The third kappa shape index (κ3) is 3.66. The molecule has 0 aromatic rings. The zero-order valence-electron chi connectivity index (χ0n) is 9.05. The van der Waals surface area contributed by atoms with E-state index in [9.17, 15) is 4.79 Å². The van der Waals surface area contributed by atoms with Crippen molar-refractivity contribution in [2.75, 3.05) is 6.61 Å². The molecule has 1 aliphatic rings. The highest BCUT2D eigenvalue weighted by Gasteiger charge is 2.27. The van der Waals surface area contributed by atoms with Gasteiger partial charge in [0.05, 0.1) is 6.61 Å². The van der Waals surface area contributed by atoms with Gasteiger partial charge in [-0.25, -0.2) is 0 Å². The molecule has 82 valence electrons. The highest BCUT2D eigenvalue weighted by Crippen LogP contribution is 2.29. The van der Waals surface area contributed by atoms with Gasteiger partial charge in [0.25, 0.3) is 0 Å². The Hall–Kier alpha value is -0.570. The number of carbonyl (C=O) groups is 1. The van der Waals surface area contributed by atoms with Crippen molar-refractivity contribution < 1.29 is 9.53 Å². The van der Waals surface area contributed by atoms with Gasteiger partial charge >= 0.3 is 5.97 Å². The molecule has 3 nitrogen and oxygen atoms in total. The Balaban J connectivity index is 2.24. The first-order chi connectivity index (χ1) is 6.66. The van der Waals surface area contributed by atoms with E-state index in [1.54, 1.807) is 0 Å². The Morgan fingerprint density at radius 3 is 2.57 bits per heavy atom. The van der Waals surface area contributed by atoms with Gasteiger partial charge in [0.15, 0.2) is 0 Å². The predicted octanol–water partition coefficient (Wildman–Crippen LogP) is 1.99. The lowest BCUT2D eigenvalue weighted by Gasteiger charge is -2.33. The molecule has 1 rings (SSSR count). The van der Waals surface area contributed by atoms with Crippen molar-refractivity contribution in [3.8, 4) is 0 Å². The SMILES string of the molecule is CCOC(=O)CCC1(N)CCCCC1. The molecule has 3 heteroatoms. The van der Waals surface area contributed by atoms with Gasteiger partial charge in [-0.1, -0.05) is 19.3 Å². The number of esters is 1. The molecule has 0 atom stereocenters. The van der Waals surface area contributed by atoms with Crippen LogP contribution in [0.2, 0.25) is 0 Å². The van der Waals surface area contributed by atoms with Crippen molar-refractivity contribution in [3.63, 3.8) is 0 Å². The van der Waals surface area contributed by atoms with Crippen molar-refractivity contribution in [3.05, 3.63) is 0 Å². The molecule has 0 heterocycles. The topological polar surface area (TPSA) is 52.3 Å². The van der Waals surface area contributed by atoms with Gasteiger partial charge in [-0.15, -0.1) is 0 Å². The second kappa shape index (κ2) is 5.35. The van der Waals surface area contributed by atoms with Gasteiger partial charge in [0.1, 0.15) is 0 Å². The summed E-state index contributed by atoms with van der Waals surface area (Å²) in [5, 5.41) is 0. The third-order valence-electron chi connectivity index (χ3n) is 2.98. The normalized spacial score (nSPS) is 20.4. The minimum Gasteiger partial charge on any atom is -0.466 e. The van der Waals surface area contributed by atoms with E-state index in [4.69, 9.17) is 10.5 Å². The number of rotatable bonds is 4. The van der Waals surface area contributed by atoms with E-state index in [1.807, 2.05) is 6.92 Å². The van der Waals surface area contributed by atoms with E-state index in [1.165, 1.54) is 19.3 Å². The van der Waals surface area contributed by atoms with Crippen LogP contribution in [0.1, 0.15) is 51.9 Å². The molecular formula is C11H21NO2. The summed E-state index contributed by atoms with van der Waals surface area (Å²) >= 11 is 0. The van der Waals surface area contributed by atoms with Crippen LogP contribution in [0.5, 0.6) is 0 Å². The van der Waals surface area contributed by atoms with E-state index in [2.05, 4.69) is 0 Å². The number of carbonyl (C=O) groups excluding carboxylic acids is 1. The molecule has 0 spiro atoms. The second-order valence-electron chi connectivity index (χ2n) is 4.23. The van der Waals surface area contributed by atoms with Crippen molar-refractivity contribution in [1.82, 2.24) is 0 Å². The quantitative estimate of drug-likeness (QED) is 0.704. The Morgan fingerprint density at radius 2 is 2.00 bits per heavy atom. The predicted molar refractivity (Wildman–Crippen MR) is 55.9 cm³/mol. The molecular weight excluding hydrogens is 178 g/mol. The van der Waals surface area contributed by atoms with E-state index in [-0.39, 0.29) is 11.5 Å². The zero-order chi connectivity index (χ0) is 10.4. The number of nitrogens with two attached hydrogens (primary N) is 1. The van der Waals surface area contributed by atoms with E-state index >= 15 is 0 Å². The van der Waals surface area contributed by atoms with Crippen LogP contribution >= 0.6 is 0 Å². The van der Waals surface area contributed by atoms with Crippen LogP contribution in [0.4, 0.5) is 0 Å². The summed E-state index contributed by atoms with van der Waals surface area (Å²) in [4.78, 5) is 11.2. The molecule has 1 saturated carbocycles. The van der Waals surface area contributed by atoms with Crippen molar-refractivity contribution in [2.24, 2.45) is 5.73 Å². The maximum Gasteiger partial charge on any atom is 0.305 e. The summed E-state index contributed by atoms with van der Waals surface area (Å²) in [5.41, 5.74) is 6.10. The molecule has 14 heavy (non-hydrogen) atoms. The van der Waals surface area contributed by atoms with Gasteiger partial charge in [0, 0.05) is 12.0 Å². The lowest BCUT2D eigenvalue weighted by Crippen LogP contribution is -2.42. The summed E-state index contributed by atoms with van der Waals surface area (Å²) in [6, 6.07) is 0. The largest absolute Gasteiger partial charge is 0.466 e. The van der Waals surface area contributed by atoms with E-state index < -0.39 is 0 Å². The highest BCUT2D eigenvalue weighted by molar-refractivity contribution is 5.69. The fraction of sp³-hybridized carbons (Fsp3) is 0.909. The van der Waals surface area contributed by atoms with Crippen LogP contribution in [0.3, 0.4) is 0 Å². The molecule has 0 saturated heterocycles. The van der Waals surface area contributed by atoms with Gasteiger partial charge in [-0.3, -0.25) is 4.79 Å². The fourth-order valence-corrected chi connectivity index (χ4v) is 2.09. The maximum absolute atomic E-state index is 11.2. The molecule has 0 amide bonds. The van der Waals surface area contributed by atoms with Crippen LogP contribution < -0.4 is 5.73 Å². The lowest BCUT2D eigenvalue weighted by atomic mass is 9.79. The fourth-order valence-electron chi connectivity index (χ4n) is 2.09. The van der Waals surface area contributed by atoms with E-state index in [0.717, 1.165) is 19.3 Å². The third-order valence-corrected chi connectivity index (χ3v) is 2.98. The van der Waals surface area contributed by atoms with Crippen LogP contribution in [0.25, 0.3) is 0 Å². The molecule has 0 unspecified atom stereocenters. The van der Waals surface area contributed by atoms with Crippen LogP contribution in [-0.4, -0.2) is 18.1 Å². The first-order valence-electron chi connectivity index (χ1n) is 5.61. The van der Waals surface area contributed by atoms with Crippen molar-refractivity contribution in [2.45, 2.75) is 57.4 Å². The molecule has 1 aliphatic carbocycles. The van der Waals surface area contributed by atoms with Gasteiger partial charge < -0.3 is 10.5 Å². The summed E-state index contributed by atoms with van der Waals surface area (Å²) in [6.45, 7) is 2.30. The molecule has 1 fully saturated rings. The summed E-state index contributed by atoms with van der Waals surface area (Å²) in [6.07, 6.45) is 7.09. The monoisotopic (exact) mass is 199 g/mol. The minimum atomic E-state index is -0.108. The Labute approximate surface area is 86.0 Å². The summed E-state index contributed by atoms with van der Waals surface area (Å²) < 4.78 is 4.88. The van der Waals surface area contributed by atoms with Crippen LogP contribution in [-0.2, 0) is 9.53 Å². The molecule has 0 aromatic carbocycles. The zero-order valence-corrected chi connectivity index (χ0v) is 9.05. The molecule has 0 aromatic heterocycles. The Morgan fingerprint density at radius 1 is 1.36 bits per heavy atom. The van der Waals surface area contributed by atoms with Gasteiger partial charge in [0.2, 0.25) is 0 Å². The van der Waals surface area contributed by atoms with E-state index in [0.29, 0.717) is 13.0 Å².